The van der Waals surface area contributed by atoms with Crippen LogP contribution < -0.4 is 21.5 Å². The zero-order chi connectivity index (χ0) is 15.6. The zero-order valence-corrected chi connectivity index (χ0v) is 13.0. The molecule has 6 nitrogen and oxygen atoms in total. The highest BCUT2D eigenvalue weighted by Crippen LogP contribution is 2.29. The van der Waals surface area contributed by atoms with Crippen molar-refractivity contribution in [3.05, 3.63) is 34.2 Å². The smallest absolute Gasteiger partial charge is 0.156 e. The lowest BCUT2D eigenvalue weighted by atomic mass is 10.1. The fraction of sp³-hybridized carbons (Fsp3) is 0.286. The van der Waals surface area contributed by atoms with Gasteiger partial charge in [0.05, 0.1) is 30.7 Å². The summed E-state index contributed by atoms with van der Waals surface area (Å²) in [6.45, 7) is 4.40. The number of nitrogen functional groups attached to an aromatic ring is 2. The SMILES string of the molecule is COc1c(C)cnc(CNc2cc(N)nc(Cl)c2N)c1C. The van der Waals surface area contributed by atoms with E-state index in [1.54, 1.807) is 19.4 Å². The third kappa shape index (κ3) is 3.11. The number of hydrogen-bond donors (Lipinski definition) is 3. The van der Waals surface area contributed by atoms with E-state index in [2.05, 4.69) is 15.3 Å². The van der Waals surface area contributed by atoms with Crippen LogP contribution in [0.1, 0.15) is 16.8 Å². The highest BCUT2D eigenvalue weighted by molar-refractivity contribution is 6.32. The number of hydrogen-bond acceptors (Lipinski definition) is 6. The van der Waals surface area contributed by atoms with Crippen molar-refractivity contribution in [1.82, 2.24) is 9.97 Å². The molecule has 0 aliphatic heterocycles. The number of anilines is 3. The maximum absolute atomic E-state index is 5.91. The average Bonchev–Trinajstić information content (AvgIpc) is 2.43. The first kappa shape index (κ1) is 15.2. The minimum absolute atomic E-state index is 0.184. The van der Waals surface area contributed by atoms with Gasteiger partial charge >= 0.3 is 0 Å². The molecule has 2 heterocycles. The normalized spacial score (nSPS) is 10.5. The molecular weight excluding hydrogens is 290 g/mol. The van der Waals surface area contributed by atoms with Gasteiger partial charge in [0, 0.05) is 23.4 Å². The molecule has 7 heteroatoms. The summed E-state index contributed by atoms with van der Waals surface area (Å²) in [5.41, 5.74) is 15.4. The largest absolute Gasteiger partial charge is 0.496 e. The Hall–Kier alpha value is -2.21. The molecule has 0 unspecified atom stereocenters. The topological polar surface area (TPSA) is 99.1 Å². The van der Waals surface area contributed by atoms with E-state index in [-0.39, 0.29) is 5.15 Å². The van der Waals surface area contributed by atoms with Gasteiger partial charge in [0.25, 0.3) is 0 Å². The third-order valence-corrected chi connectivity index (χ3v) is 3.52. The Morgan fingerprint density at radius 1 is 1.33 bits per heavy atom. The number of ether oxygens (including phenoxy) is 1. The van der Waals surface area contributed by atoms with Crippen LogP contribution >= 0.6 is 11.6 Å². The van der Waals surface area contributed by atoms with E-state index in [9.17, 15) is 0 Å². The van der Waals surface area contributed by atoms with Crippen LogP contribution in [0.25, 0.3) is 0 Å². The average molecular weight is 308 g/mol. The van der Waals surface area contributed by atoms with E-state index in [0.717, 1.165) is 22.6 Å². The first-order valence-corrected chi connectivity index (χ1v) is 6.76. The highest BCUT2D eigenvalue weighted by Gasteiger charge is 2.11. The Balaban J connectivity index is 2.25. The predicted molar refractivity (Wildman–Crippen MR) is 85.7 cm³/mol. The minimum Gasteiger partial charge on any atom is -0.496 e. The first-order chi connectivity index (χ1) is 9.93. The molecule has 0 radical (unpaired) electrons. The van der Waals surface area contributed by atoms with E-state index in [0.29, 0.717) is 23.7 Å². The van der Waals surface area contributed by atoms with Crippen LogP contribution in [0.2, 0.25) is 5.15 Å². The maximum atomic E-state index is 5.91. The number of aromatic nitrogens is 2. The summed E-state index contributed by atoms with van der Waals surface area (Å²) in [7, 11) is 1.65. The standard InChI is InChI=1S/C14H18ClN5O/c1-7-5-18-10(8(2)13(7)21-3)6-19-9-4-11(16)20-14(15)12(9)17/h4-5H,6,17H2,1-3H3,(H3,16,19,20). The summed E-state index contributed by atoms with van der Waals surface area (Å²) in [6.07, 6.45) is 1.78. The van der Waals surface area contributed by atoms with Crippen LogP contribution in [-0.4, -0.2) is 17.1 Å². The van der Waals surface area contributed by atoms with Gasteiger partial charge in [-0.05, 0) is 13.8 Å². The third-order valence-electron chi connectivity index (χ3n) is 3.23. The molecule has 0 aromatic carbocycles. The molecule has 0 aliphatic carbocycles. The molecule has 0 amide bonds. The fourth-order valence-electron chi connectivity index (χ4n) is 2.12. The van der Waals surface area contributed by atoms with Crippen molar-refractivity contribution in [2.75, 3.05) is 23.9 Å². The predicted octanol–water partition coefficient (Wildman–Crippen LogP) is 2.53. The van der Waals surface area contributed by atoms with Crippen molar-refractivity contribution < 1.29 is 4.74 Å². The Morgan fingerprint density at radius 3 is 2.71 bits per heavy atom. The lowest BCUT2D eigenvalue weighted by Gasteiger charge is -2.14. The quantitative estimate of drug-likeness (QED) is 0.751. The molecule has 0 bridgehead atoms. The summed E-state index contributed by atoms with van der Waals surface area (Å²) in [4.78, 5) is 8.30. The van der Waals surface area contributed by atoms with Crippen LogP contribution in [0.15, 0.2) is 12.3 Å². The van der Waals surface area contributed by atoms with Gasteiger partial charge in [0.2, 0.25) is 0 Å². The summed E-state index contributed by atoms with van der Waals surface area (Å²) in [5.74, 6) is 1.14. The lowest BCUT2D eigenvalue weighted by molar-refractivity contribution is 0.407. The van der Waals surface area contributed by atoms with Gasteiger partial charge in [0.15, 0.2) is 5.15 Å². The molecule has 0 saturated heterocycles. The molecule has 0 aliphatic rings. The summed E-state index contributed by atoms with van der Waals surface area (Å²) in [6, 6.07) is 1.64. The number of nitrogens with one attached hydrogen (secondary N) is 1. The van der Waals surface area contributed by atoms with Crippen molar-refractivity contribution in [2.45, 2.75) is 20.4 Å². The molecule has 21 heavy (non-hydrogen) atoms. The van der Waals surface area contributed by atoms with Crippen molar-refractivity contribution in [3.63, 3.8) is 0 Å². The second kappa shape index (κ2) is 6.05. The van der Waals surface area contributed by atoms with Crippen LogP contribution in [-0.2, 0) is 6.54 Å². The first-order valence-electron chi connectivity index (χ1n) is 6.38. The number of pyridine rings is 2. The van der Waals surface area contributed by atoms with E-state index in [4.69, 9.17) is 27.8 Å². The summed E-state index contributed by atoms with van der Waals surface area (Å²) in [5, 5.41) is 3.36. The molecule has 0 fully saturated rings. The monoisotopic (exact) mass is 307 g/mol. The number of halogens is 1. The van der Waals surface area contributed by atoms with E-state index in [1.165, 1.54) is 0 Å². The summed E-state index contributed by atoms with van der Waals surface area (Å²) < 4.78 is 5.39. The molecule has 2 rings (SSSR count). The van der Waals surface area contributed by atoms with Crippen LogP contribution in [0.4, 0.5) is 17.2 Å². The van der Waals surface area contributed by atoms with Crippen LogP contribution in [0, 0.1) is 13.8 Å². The second-order valence-electron chi connectivity index (χ2n) is 4.70. The number of methoxy groups -OCH3 is 1. The van der Waals surface area contributed by atoms with E-state index >= 15 is 0 Å². The molecular formula is C14H18ClN5O. The highest BCUT2D eigenvalue weighted by atomic mass is 35.5. The molecule has 0 saturated carbocycles. The van der Waals surface area contributed by atoms with Gasteiger partial charge in [-0.2, -0.15) is 0 Å². The van der Waals surface area contributed by atoms with Gasteiger partial charge in [0.1, 0.15) is 11.6 Å². The van der Waals surface area contributed by atoms with Crippen LogP contribution in [0.3, 0.4) is 0 Å². The Labute approximate surface area is 128 Å². The van der Waals surface area contributed by atoms with Gasteiger partial charge < -0.3 is 21.5 Å². The Bertz CT molecular complexity index is 675. The fourth-order valence-corrected chi connectivity index (χ4v) is 2.32. The van der Waals surface area contributed by atoms with Crippen molar-refractivity contribution in [2.24, 2.45) is 0 Å². The molecule has 0 atom stereocenters. The van der Waals surface area contributed by atoms with Gasteiger partial charge in [-0.1, -0.05) is 11.6 Å². The number of nitrogens with zero attached hydrogens (tertiary/aromatic N) is 2. The maximum Gasteiger partial charge on any atom is 0.156 e. The van der Waals surface area contributed by atoms with E-state index in [1.807, 2.05) is 13.8 Å². The number of nitrogens with two attached hydrogens (primary N) is 2. The van der Waals surface area contributed by atoms with Gasteiger partial charge in [-0.25, -0.2) is 4.98 Å². The van der Waals surface area contributed by atoms with Crippen LogP contribution in [0.5, 0.6) is 5.75 Å². The molecule has 2 aromatic rings. The van der Waals surface area contributed by atoms with Crippen molar-refractivity contribution >= 4 is 28.8 Å². The molecule has 2 aromatic heterocycles. The molecule has 5 N–H and O–H groups in total. The second-order valence-corrected chi connectivity index (χ2v) is 5.06. The minimum atomic E-state index is 0.184. The van der Waals surface area contributed by atoms with E-state index < -0.39 is 0 Å². The summed E-state index contributed by atoms with van der Waals surface area (Å²) >= 11 is 5.91. The van der Waals surface area contributed by atoms with Gasteiger partial charge in [-0.3, -0.25) is 4.98 Å². The Morgan fingerprint density at radius 2 is 2.05 bits per heavy atom. The van der Waals surface area contributed by atoms with Crippen molar-refractivity contribution in [3.8, 4) is 5.75 Å². The Kier molecular flexibility index (Phi) is 4.37. The molecule has 112 valence electrons. The number of rotatable bonds is 4. The van der Waals surface area contributed by atoms with Crippen molar-refractivity contribution in [1.29, 1.82) is 0 Å². The van der Waals surface area contributed by atoms with Gasteiger partial charge in [-0.15, -0.1) is 0 Å². The molecule has 0 spiro atoms. The number of aryl methyl sites for hydroxylation is 1. The zero-order valence-electron chi connectivity index (χ0n) is 12.2. The lowest BCUT2D eigenvalue weighted by Crippen LogP contribution is -2.08.